The van der Waals surface area contributed by atoms with Crippen LogP contribution in [0.4, 0.5) is 24.5 Å². The van der Waals surface area contributed by atoms with Crippen molar-refractivity contribution in [2.75, 3.05) is 31.4 Å². The van der Waals surface area contributed by atoms with Crippen molar-refractivity contribution in [2.45, 2.75) is 12.8 Å². The van der Waals surface area contributed by atoms with E-state index in [0.717, 1.165) is 17.7 Å². The van der Waals surface area contributed by atoms with Crippen LogP contribution in [0.25, 0.3) is 0 Å². The quantitative estimate of drug-likeness (QED) is 0.878. The lowest BCUT2D eigenvalue weighted by atomic mass is 10.1. The van der Waals surface area contributed by atoms with Gasteiger partial charge in [-0.1, -0.05) is 12.1 Å². The Hall–Kier alpha value is -2.54. The maximum absolute atomic E-state index is 12.9. The number of nitrogens with zero attached hydrogens (tertiary/aromatic N) is 1. The number of halogens is 3. The van der Waals surface area contributed by atoms with E-state index in [1.807, 2.05) is 0 Å². The van der Waals surface area contributed by atoms with Gasteiger partial charge >= 0.3 is 6.18 Å². The summed E-state index contributed by atoms with van der Waals surface area (Å²) in [5.41, 5.74) is 1.01. The fourth-order valence-corrected chi connectivity index (χ4v) is 2.32. The van der Waals surface area contributed by atoms with Crippen LogP contribution < -0.4 is 10.2 Å². The zero-order chi connectivity index (χ0) is 18.6. The molecule has 2 rings (SSSR count). The third kappa shape index (κ3) is 4.73. The number of carbonyl (C=O) groups is 1. The smallest absolute Gasteiger partial charge is 0.380 e. The molecule has 0 aromatic heterocycles. The molecule has 25 heavy (non-hydrogen) atoms. The zero-order valence-electron chi connectivity index (χ0n) is 14.1. The topological polar surface area (TPSA) is 41.6 Å². The van der Waals surface area contributed by atoms with Gasteiger partial charge < -0.3 is 15.0 Å². The van der Waals surface area contributed by atoms with E-state index in [1.165, 1.54) is 6.07 Å². The molecule has 134 valence electrons. The third-order valence-electron chi connectivity index (χ3n) is 3.58. The van der Waals surface area contributed by atoms with Crippen LogP contribution in [0, 0.1) is 0 Å². The van der Waals surface area contributed by atoms with Crippen LogP contribution in [0.5, 0.6) is 0 Å². The van der Waals surface area contributed by atoms with E-state index in [9.17, 15) is 18.0 Å². The van der Waals surface area contributed by atoms with E-state index in [2.05, 4.69) is 5.32 Å². The maximum Gasteiger partial charge on any atom is 0.416 e. The Kier molecular flexibility index (Phi) is 5.69. The van der Waals surface area contributed by atoms with Crippen molar-refractivity contribution in [3.8, 4) is 0 Å². The zero-order valence-corrected chi connectivity index (χ0v) is 14.1. The van der Waals surface area contributed by atoms with Gasteiger partial charge in [0.2, 0.25) is 0 Å². The second-order valence-corrected chi connectivity index (χ2v) is 5.71. The minimum atomic E-state index is -4.48. The van der Waals surface area contributed by atoms with Gasteiger partial charge in [-0.15, -0.1) is 0 Å². The highest BCUT2D eigenvalue weighted by atomic mass is 19.4. The molecule has 2 aromatic rings. The minimum Gasteiger partial charge on any atom is -0.380 e. The molecule has 0 aliphatic carbocycles. The largest absolute Gasteiger partial charge is 0.416 e. The Morgan fingerprint density at radius 3 is 2.28 bits per heavy atom. The SMILES string of the molecule is COCc1ccc(C(=O)Nc2cc(C(F)(F)F)ccc2N(C)C)cc1. The molecule has 0 spiro atoms. The summed E-state index contributed by atoms with van der Waals surface area (Å²) in [5.74, 6) is -0.480. The molecule has 1 N–H and O–H groups in total. The average molecular weight is 352 g/mol. The number of alkyl halides is 3. The van der Waals surface area contributed by atoms with Gasteiger partial charge in [0.25, 0.3) is 5.91 Å². The number of ether oxygens (including phenoxy) is 1. The Bertz CT molecular complexity index is 741. The van der Waals surface area contributed by atoms with Crippen molar-refractivity contribution < 1.29 is 22.7 Å². The van der Waals surface area contributed by atoms with Gasteiger partial charge in [-0.05, 0) is 35.9 Å². The molecule has 2 aromatic carbocycles. The van der Waals surface area contributed by atoms with Gasteiger partial charge in [-0.2, -0.15) is 13.2 Å². The van der Waals surface area contributed by atoms with Crippen molar-refractivity contribution in [3.05, 3.63) is 59.2 Å². The molecule has 0 fully saturated rings. The minimum absolute atomic E-state index is 0.103. The number of benzene rings is 2. The lowest BCUT2D eigenvalue weighted by Crippen LogP contribution is -2.18. The van der Waals surface area contributed by atoms with Crippen LogP contribution in [0.1, 0.15) is 21.5 Å². The molecule has 0 bridgehead atoms. The molecule has 1 amide bonds. The molecule has 4 nitrogen and oxygen atoms in total. The highest BCUT2D eigenvalue weighted by Crippen LogP contribution is 2.35. The van der Waals surface area contributed by atoms with Gasteiger partial charge in [-0.3, -0.25) is 4.79 Å². The fourth-order valence-electron chi connectivity index (χ4n) is 2.32. The monoisotopic (exact) mass is 352 g/mol. The number of hydrogen-bond donors (Lipinski definition) is 1. The molecular formula is C18H19F3N2O2. The summed E-state index contributed by atoms with van der Waals surface area (Å²) in [6.45, 7) is 0.417. The summed E-state index contributed by atoms with van der Waals surface area (Å²) >= 11 is 0. The summed E-state index contributed by atoms with van der Waals surface area (Å²) in [5, 5.41) is 2.56. The normalized spacial score (nSPS) is 11.3. The van der Waals surface area contributed by atoms with Gasteiger partial charge in [0, 0.05) is 26.8 Å². The molecule has 0 aliphatic heterocycles. The lowest BCUT2D eigenvalue weighted by molar-refractivity contribution is -0.137. The van der Waals surface area contributed by atoms with Gasteiger partial charge in [0.1, 0.15) is 0 Å². The van der Waals surface area contributed by atoms with Gasteiger partial charge in [0.15, 0.2) is 0 Å². The standard InChI is InChI=1S/C18H19F3N2O2/c1-23(2)16-9-8-14(18(19,20)21)10-15(16)22-17(24)13-6-4-12(5-7-13)11-25-3/h4-10H,11H2,1-3H3,(H,22,24). The van der Waals surface area contributed by atoms with E-state index in [4.69, 9.17) is 4.74 Å². The summed E-state index contributed by atoms with van der Waals surface area (Å²) < 4.78 is 43.8. The van der Waals surface area contributed by atoms with Gasteiger partial charge in [0.05, 0.1) is 23.5 Å². The first kappa shape index (κ1) is 18.8. The Morgan fingerprint density at radius 1 is 1.12 bits per heavy atom. The number of nitrogens with one attached hydrogen (secondary N) is 1. The number of rotatable bonds is 5. The summed E-state index contributed by atoms with van der Waals surface area (Å²) in [6.07, 6.45) is -4.48. The van der Waals surface area contributed by atoms with E-state index in [-0.39, 0.29) is 5.69 Å². The third-order valence-corrected chi connectivity index (χ3v) is 3.58. The van der Waals surface area contributed by atoms with Crippen LogP contribution >= 0.6 is 0 Å². The fraction of sp³-hybridized carbons (Fsp3) is 0.278. The van der Waals surface area contributed by atoms with Crippen LogP contribution in [0.15, 0.2) is 42.5 Å². The van der Waals surface area contributed by atoms with Crippen LogP contribution in [-0.2, 0) is 17.5 Å². The summed E-state index contributed by atoms with van der Waals surface area (Å²) in [7, 11) is 4.95. The highest BCUT2D eigenvalue weighted by molar-refractivity contribution is 6.06. The molecule has 0 atom stereocenters. The maximum atomic E-state index is 12.9. The number of amides is 1. The molecule has 7 heteroatoms. The molecule has 0 saturated carbocycles. The van der Waals surface area contributed by atoms with Crippen molar-refractivity contribution in [1.82, 2.24) is 0 Å². The Labute approximate surface area is 144 Å². The second-order valence-electron chi connectivity index (χ2n) is 5.71. The molecule has 0 unspecified atom stereocenters. The van der Waals surface area contributed by atoms with Crippen molar-refractivity contribution in [2.24, 2.45) is 0 Å². The number of methoxy groups -OCH3 is 1. The Balaban J connectivity index is 2.29. The van der Waals surface area contributed by atoms with E-state index >= 15 is 0 Å². The second kappa shape index (κ2) is 7.57. The first-order valence-corrected chi connectivity index (χ1v) is 7.50. The molecular weight excluding hydrogens is 333 g/mol. The van der Waals surface area contributed by atoms with Crippen LogP contribution in [0.3, 0.4) is 0 Å². The van der Waals surface area contributed by atoms with E-state index in [0.29, 0.717) is 17.9 Å². The van der Waals surface area contributed by atoms with Crippen molar-refractivity contribution in [1.29, 1.82) is 0 Å². The first-order chi connectivity index (χ1) is 11.7. The highest BCUT2D eigenvalue weighted by Gasteiger charge is 2.31. The molecule has 0 saturated heterocycles. The average Bonchev–Trinajstić information content (AvgIpc) is 2.54. The van der Waals surface area contributed by atoms with Gasteiger partial charge in [-0.25, -0.2) is 0 Å². The number of hydrogen-bond acceptors (Lipinski definition) is 3. The van der Waals surface area contributed by atoms with Crippen molar-refractivity contribution >= 4 is 17.3 Å². The lowest BCUT2D eigenvalue weighted by Gasteiger charge is -2.20. The molecule has 0 heterocycles. The Morgan fingerprint density at radius 2 is 1.76 bits per heavy atom. The van der Waals surface area contributed by atoms with Crippen LogP contribution in [-0.4, -0.2) is 27.1 Å². The number of carbonyl (C=O) groups excluding carboxylic acids is 1. The van der Waals surface area contributed by atoms with E-state index in [1.54, 1.807) is 50.4 Å². The first-order valence-electron chi connectivity index (χ1n) is 7.50. The van der Waals surface area contributed by atoms with Crippen LogP contribution in [0.2, 0.25) is 0 Å². The predicted octanol–water partition coefficient (Wildman–Crippen LogP) is 4.17. The molecule has 0 aliphatic rings. The number of anilines is 2. The van der Waals surface area contributed by atoms with Crippen molar-refractivity contribution in [3.63, 3.8) is 0 Å². The summed E-state index contributed by atoms with van der Waals surface area (Å²) in [4.78, 5) is 14.0. The molecule has 0 radical (unpaired) electrons. The van der Waals surface area contributed by atoms with E-state index < -0.39 is 17.6 Å². The summed E-state index contributed by atoms with van der Waals surface area (Å²) in [6, 6.07) is 9.94. The predicted molar refractivity (Wildman–Crippen MR) is 90.9 cm³/mol.